The Hall–Kier alpha value is -1.20. The van der Waals surface area contributed by atoms with E-state index in [-0.39, 0.29) is 0 Å². The van der Waals surface area contributed by atoms with Crippen LogP contribution in [0.3, 0.4) is 0 Å². The third kappa shape index (κ3) is 1.61. The molecule has 1 unspecified atom stereocenters. The lowest BCUT2D eigenvalue weighted by Gasteiger charge is -2.17. The first-order valence-corrected chi connectivity index (χ1v) is 4.21. The van der Waals surface area contributed by atoms with Crippen molar-refractivity contribution in [1.82, 2.24) is 20.1 Å². The highest BCUT2D eigenvalue weighted by atomic mass is 16.3. The number of β-amino-alcohol motifs (C(OH)–C–C–N with tert-alkyl or cyclic N) is 1. The molecule has 0 bridgehead atoms. The first-order chi connectivity index (χ1) is 6.27. The van der Waals surface area contributed by atoms with Crippen molar-refractivity contribution in [2.24, 2.45) is 7.05 Å². The van der Waals surface area contributed by atoms with E-state index >= 15 is 0 Å². The number of nitrogens with one attached hydrogen (secondary N) is 1. The Morgan fingerprint density at radius 3 is 3.15 bits per heavy atom. The minimum Gasteiger partial charge on any atom is -0.388 e. The molecule has 0 radical (unpaired) electrons. The van der Waals surface area contributed by atoms with Crippen molar-refractivity contribution in [3.05, 3.63) is 18.2 Å². The largest absolute Gasteiger partial charge is 0.388 e. The van der Waals surface area contributed by atoms with E-state index < -0.39 is 6.10 Å². The lowest BCUT2D eigenvalue weighted by Crippen LogP contribution is -2.32. The van der Waals surface area contributed by atoms with Gasteiger partial charge in [0.25, 0.3) is 0 Å². The van der Waals surface area contributed by atoms with Gasteiger partial charge >= 0.3 is 0 Å². The summed E-state index contributed by atoms with van der Waals surface area (Å²) in [5.74, 6) is 0.811. The molecule has 1 aromatic rings. The van der Waals surface area contributed by atoms with Crippen molar-refractivity contribution in [2.45, 2.75) is 6.10 Å². The molecule has 0 amide bonds. The van der Waals surface area contributed by atoms with Gasteiger partial charge in [-0.25, -0.2) is 0 Å². The minimum atomic E-state index is -0.416. The van der Waals surface area contributed by atoms with E-state index in [4.69, 9.17) is 0 Å². The van der Waals surface area contributed by atoms with Gasteiger partial charge < -0.3 is 15.0 Å². The van der Waals surface area contributed by atoms with Gasteiger partial charge in [-0.05, 0) is 6.08 Å². The summed E-state index contributed by atoms with van der Waals surface area (Å²) in [6, 6.07) is 0. The Morgan fingerprint density at radius 1 is 1.69 bits per heavy atom. The smallest absolute Gasteiger partial charge is 0.160 e. The summed E-state index contributed by atoms with van der Waals surface area (Å²) in [4.78, 5) is 0. The lowest BCUT2D eigenvalue weighted by molar-refractivity contribution is 0.216. The molecule has 2 heterocycles. The fourth-order valence-electron chi connectivity index (χ4n) is 1.43. The number of nitrogens with zero attached hydrogens (tertiary/aromatic N) is 3. The molecule has 0 spiro atoms. The summed E-state index contributed by atoms with van der Waals surface area (Å²) < 4.78 is 1.84. The second-order valence-corrected chi connectivity index (χ2v) is 3.16. The summed E-state index contributed by atoms with van der Waals surface area (Å²) in [6.45, 7) is 1.35. The van der Waals surface area contributed by atoms with Crippen molar-refractivity contribution >= 4 is 5.57 Å². The highest BCUT2D eigenvalue weighted by Gasteiger charge is 2.14. The Balaban J connectivity index is 2.30. The van der Waals surface area contributed by atoms with E-state index in [0.717, 1.165) is 17.9 Å². The predicted molar refractivity (Wildman–Crippen MR) is 47.9 cm³/mol. The summed E-state index contributed by atoms with van der Waals surface area (Å²) in [5.41, 5.74) is 0.999. The molecular formula is C8H12N4O. The normalized spacial score (nSPS) is 22.9. The molecule has 0 aromatic carbocycles. The fraction of sp³-hybridized carbons (Fsp3) is 0.500. The van der Waals surface area contributed by atoms with Crippen LogP contribution in [0.1, 0.15) is 5.82 Å². The molecule has 5 nitrogen and oxygen atoms in total. The van der Waals surface area contributed by atoms with Crippen molar-refractivity contribution in [1.29, 1.82) is 0 Å². The summed E-state index contributed by atoms with van der Waals surface area (Å²) in [5, 5.41) is 20.2. The Labute approximate surface area is 76.1 Å². The van der Waals surface area contributed by atoms with Crippen molar-refractivity contribution in [2.75, 3.05) is 13.1 Å². The maximum Gasteiger partial charge on any atom is 0.160 e. The van der Waals surface area contributed by atoms with E-state index in [2.05, 4.69) is 15.5 Å². The molecule has 1 atom stereocenters. The van der Waals surface area contributed by atoms with Crippen LogP contribution in [0.15, 0.2) is 12.4 Å². The number of hydrogen-bond donors (Lipinski definition) is 2. The van der Waals surface area contributed by atoms with Crippen LogP contribution in [0.25, 0.3) is 5.57 Å². The average Bonchev–Trinajstić information content (AvgIpc) is 2.51. The van der Waals surface area contributed by atoms with Crippen LogP contribution in [0.5, 0.6) is 0 Å². The number of aromatic nitrogens is 3. The number of aliphatic hydroxyl groups excluding tert-OH is 1. The molecule has 0 aliphatic carbocycles. The topological polar surface area (TPSA) is 63.0 Å². The molecule has 2 rings (SSSR count). The van der Waals surface area contributed by atoms with Gasteiger partial charge in [-0.15, -0.1) is 10.2 Å². The summed E-state index contributed by atoms with van der Waals surface area (Å²) >= 11 is 0. The van der Waals surface area contributed by atoms with Crippen LogP contribution in [0.2, 0.25) is 0 Å². The van der Waals surface area contributed by atoms with Crippen LogP contribution in [-0.4, -0.2) is 39.1 Å². The summed E-state index contributed by atoms with van der Waals surface area (Å²) in [7, 11) is 1.89. The number of aryl methyl sites for hydroxylation is 1. The molecule has 1 aliphatic rings. The monoisotopic (exact) mass is 180 g/mol. The van der Waals surface area contributed by atoms with Gasteiger partial charge in [0.2, 0.25) is 0 Å². The second-order valence-electron chi connectivity index (χ2n) is 3.16. The zero-order valence-corrected chi connectivity index (χ0v) is 7.44. The molecular weight excluding hydrogens is 168 g/mol. The van der Waals surface area contributed by atoms with Crippen LogP contribution in [0, 0.1) is 0 Å². The molecule has 0 fully saturated rings. The molecule has 1 aromatic heterocycles. The third-order valence-corrected chi connectivity index (χ3v) is 2.06. The zero-order valence-electron chi connectivity index (χ0n) is 7.44. The van der Waals surface area contributed by atoms with Gasteiger partial charge in [0.15, 0.2) is 5.82 Å². The maximum absolute atomic E-state index is 9.37. The van der Waals surface area contributed by atoms with Crippen molar-refractivity contribution in [3.63, 3.8) is 0 Å². The van der Waals surface area contributed by atoms with Crippen molar-refractivity contribution < 1.29 is 5.11 Å². The van der Waals surface area contributed by atoms with Gasteiger partial charge in [-0.2, -0.15) is 0 Å². The highest BCUT2D eigenvalue weighted by Crippen LogP contribution is 2.12. The third-order valence-electron chi connectivity index (χ3n) is 2.06. The number of aliphatic hydroxyl groups is 1. The molecule has 70 valence electrons. The highest BCUT2D eigenvalue weighted by molar-refractivity contribution is 5.62. The molecule has 2 N–H and O–H groups in total. The van der Waals surface area contributed by atoms with Crippen molar-refractivity contribution in [3.8, 4) is 0 Å². The number of hydrogen-bond acceptors (Lipinski definition) is 4. The van der Waals surface area contributed by atoms with E-state index in [1.165, 1.54) is 0 Å². The molecule has 5 heteroatoms. The number of rotatable bonds is 1. The van der Waals surface area contributed by atoms with E-state index in [9.17, 15) is 5.11 Å². The molecule has 13 heavy (non-hydrogen) atoms. The van der Waals surface area contributed by atoms with Gasteiger partial charge in [0.1, 0.15) is 6.33 Å². The van der Waals surface area contributed by atoms with Crippen LogP contribution in [0.4, 0.5) is 0 Å². The van der Waals surface area contributed by atoms with Crippen LogP contribution < -0.4 is 5.32 Å². The fourth-order valence-corrected chi connectivity index (χ4v) is 1.43. The zero-order chi connectivity index (χ0) is 9.26. The first-order valence-electron chi connectivity index (χ1n) is 4.21. The quantitative estimate of drug-likeness (QED) is 0.591. The molecule has 0 saturated carbocycles. The maximum atomic E-state index is 9.37. The van der Waals surface area contributed by atoms with Crippen LogP contribution in [-0.2, 0) is 7.05 Å². The lowest BCUT2D eigenvalue weighted by atomic mass is 10.1. The Kier molecular flexibility index (Phi) is 2.12. The van der Waals surface area contributed by atoms with Gasteiger partial charge in [-0.3, -0.25) is 0 Å². The minimum absolute atomic E-state index is 0.416. The predicted octanol–water partition coefficient (Wildman–Crippen LogP) is -0.837. The van der Waals surface area contributed by atoms with Gasteiger partial charge in [0, 0.05) is 25.7 Å². The van der Waals surface area contributed by atoms with E-state index in [0.29, 0.717) is 6.54 Å². The van der Waals surface area contributed by atoms with Gasteiger partial charge in [0.05, 0.1) is 6.10 Å². The average molecular weight is 180 g/mol. The first kappa shape index (κ1) is 8.40. The Bertz CT molecular complexity index is 331. The van der Waals surface area contributed by atoms with E-state index in [1.807, 2.05) is 17.7 Å². The second kappa shape index (κ2) is 3.27. The standard InChI is InChI=1S/C8H12N4O/c1-12-5-10-11-8(12)6-2-7(13)4-9-3-6/h2,5,7,9,13H,3-4H2,1H3. The van der Waals surface area contributed by atoms with E-state index in [1.54, 1.807) is 6.33 Å². The Morgan fingerprint density at radius 2 is 2.54 bits per heavy atom. The molecule has 1 aliphatic heterocycles. The molecule has 0 saturated heterocycles. The van der Waals surface area contributed by atoms with Crippen LogP contribution >= 0.6 is 0 Å². The summed E-state index contributed by atoms with van der Waals surface area (Å²) in [6.07, 6.45) is 3.05. The van der Waals surface area contributed by atoms with Gasteiger partial charge in [-0.1, -0.05) is 0 Å². The SMILES string of the molecule is Cn1cnnc1C1=CC(O)CNC1.